The van der Waals surface area contributed by atoms with Gasteiger partial charge in [0.2, 0.25) is 0 Å². The van der Waals surface area contributed by atoms with Gasteiger partial charge in [-0.1, -0.05) is 0 Å². The third-order valence-corrected chi connectivity index (χ3v) is 3.80. The number of aromatic nitrogens is 2. The quantitative estimate of drug-likeness (QED) is 0.853. The number of nitrogens with zero attached hydrogens (tertiary/aromatic N) is 2. The molecule has 0 aliphatic heterocycles. The van der Waals surface area contributed by atoms with Crippen molar-refractivity contribution in [2.75, 3.05) is 12.0 Å². The highest BCUT2D eigenvalue weighted by atomic mass is 32.2. The van der Waals surface area contributed by atoms with Crippen LogP contribution in [0.1, 0.15) is 0 Å². The monoisotopic (exact) mass is 305 g/mol. The van der Waals surface area contributed by atoms with Gasteiger partial charge in [0.15, 0.2) is 21.5 Å². The van der Waals surface area contributed by atoms with Crippen molar-refractivity contribution in [1.82, 2.24) is 9.78 Å². The Morgan fingerprint density at radius 2 is 1.80 bits per heavy atom. The zero-order valence-electron chi connectivity index (χ0n) is 10.5. The molecule has 0 radical (unpaired) electrons. The number of benzene rings is 1. The number of nitrogen functional groups attached to an aromatic ring is 1. The average molecular weight is 305 g/mol. The Morgan fingerprint density at radius 1 is 1.20 bits per heavy atom. The molecule has 1 aromatic heterocycles. The standard InChI is InChI=1S/C11H10F3N3O2S/c1-17-8(15)4-7(16-17)5-3-6(12)11(20(2,18)19)10(14)9(5)13/h3-4H,15H2,1-2H3. The van der Waals surface area contributed by atoms with Gasteiger partial charge in [-0.05, 0) is 6.07 Å². The van der Waals surface area contributed by atoms with E-state index in [0.717, 1.165) is 0 Å². The maximum atomic E-state index is 13.9. The maximum Gasteiger partial charge on any atom is 0.181 e. The van der Waals surface area contributed by atoms with Gasteiger partial charge in [0.05, 0.1) is 5.69 Å². The van der Waals surface area contributed by atoms with Crippen LogP contribution in [-0.4, -0.2) is 24.5 Å². The van der Waals surface area contributed by atoms with Crippen molar-refractivity contribution < 1.29 is 21.6 Å². The lowest BCUT2D eigenvalue weighted by Crippen LogP contribution is -2.08. The summed E-state index contributed by atoms with van der Waals surface area (Å²) in [6, 6.07) is 1.80. The molecule has 20 heavy (non-hydrogen) atoms. The molecule has 0 amide bonds. The highest BCUT2D eigenvalue weighted by Crippen LogP contribution is 2.30. The number of nitrogens with two attached hydrogens (primary N) is 1. The molecule has 0 bridgehead atoms. The highest BCUT2D eigenvalue weighted by molar-refractivity contribution is 7.90. The van der Waals surface area contributed by atoms with Crippen molar-refractivity contribution >= 4 is 15.7 Å². The topological polar surface area (TPSA) is 78.0 Å². The first kappa shape index (κ1) is 14.4. The Balaban J connectivity index is 2.76. The van der Waals surface area contributed by atoms with E-state index in [0.29, 0.717) is 12.3 Å². The first-order valence-electron chi connectivity index (χ1n) is 5.30. The van der Waals surface area contributed by atoms with Gasteiger partial charge in [-0.2, -0.15) is 5.10 Å². The van der Waals surface area contributed by atoms with Crippen LogP contribution in [0.15, 0.2) is 17.0 Å². The molecule has 1 aromatic carbocycles. The minimum Gasteiger partial charge on any atom is -0.384 e. The minimum absolute atomic E-state index is 0.0969. The zero-order chi connectivity index (χ0) is 15.2. The Labute approximate surface area is 112 Å². The third kappa shape index (κ3) is 2.24. The molecule has 9 heteroatoms. The predicted molar refractivity (Wildman–Crippen MR) is 66.0 cm³/mol. The van der Waals surface area contributed by atoms with E-state index >= 15 is 0 Å². The van der Waals surface area contributed by atoms with Crippen molar-refractivity contribution in [2.45, 2.75) is 4.90 Å². The van der Waals surface area contributed by atoms with Crippen molar-refractivity contribution in [3.8, 4) is 11.3 Å². The highest BCUT2D eigenvalue weighted by Gasteiger charge is 2.27. The molecule has 0 saturated heterocycles. The van der Waals surface area contributed by atoms with Crippen LogP contribution in [0, 0.1) is 17.5 Å². The summed E-state index contributed by atoms with van der Waals surface area (Å²) < 4.78 is 65.1. The molecule has 0 unspecified atom stereocenters. The second kappa shape index (κ2) is 4.51. The van der Waals surface area contributed by atoms with Gasteiger partial charge in [0.1, 0.15) is 16.5 Å². The fourth-order valence-electron chi connectivity index (χ4n) is 1.72. The molecular formula is C11H10F3N3O2S. The van der Waals surface area contributed by atoms with Crippen LogP contribution in [0.2, 0.25) is 0 Å². The van der Waals surface area contributed by atoms with E-state index in [1.54, 1.807) is 0 Å². The Morgan fingerprint density at radius 3 is 2.25 bits per heavy atom. The number of hydrogen-bond acceptors (Lipinski definition) is 4. The van der Waals surface area contributed by atoms with E-state index < -0.39 is 37.7 Å². The molecule has 5 nitrogen and oxygen atoms in total. The second-order valence-electron chi connectivity index (χ2n) is 4.21. The van der Waals surface area contributed by atoms with E-state index in [9.17, 15) is 21.6 Å². The third-order valence-electron chi connectivity index (χ3n) is 2.68. The molecule has 108 valence electrons. The lowest BCUT2D eigenvalue weighted by molar-refractivity contribution is 0.461. The first-order valence-corrected chi connectivity index (χ1v) is 7.19. The fraction of sp³-hybridized carbons (Fsp3) is 0.182. The van der Waals surface area contributed by atoms with Gasteiger partial charge in [-0.15, -0.1) is 0 Å². The summed E-state index contributed by atoms with van der Waals surface area (Å²) in [7, 11) is -2.76. The molecule has 0 spiro atoms. The van der Waals surface area contributed by atoms with Gasteiger partial charge < -0.3 is 5.73 Å². The summed E-state index contributed by atoms with van der Waals surface area (Å²) in [6.07, 6.45) is 0.590. The molecule has 2 rings (SSSR count). The van der Waals surface area contributed by atoms with Crippen LogP contribution >= 0.6 is 0 Å². The van der Waals surface area contributed by atoms with Crippen LogP contribution < -0.4 is 5.73 Å². The summed E-state index contributed by atoms with van der Waals surface area (Å²) >= 11 is 0. The Kier molecular flexibility index (Phi) is 3.24. The normalized spacial score (nSPS) is 11.8. The molecule has 0 fully saturated rings. The van der Waals surface area contributed by atoms with Gasteiger partial charge in [0.25, 0.3) is 0 Å². The van der Waals surface area contributed by atoms with Gasteiger partial charge in [0, 0.05) is 24.9 Å². The number of anilines is 1. The van der Waals surface area contributed by atoms with Crippen molar-refractivity contribution in [2.24, 2.45) is 7.05 Å². The molecule has 0 aliphatic carbocycles. The molecule has 0 atom stereocenters. The van der Waals surface area contributed by atoms with E-state index in [4.69, 9.17) is 5.73 Å². The van der Waals surface area contributed by atoms with E-state index in [-0.39, 0.29) is 11.5 Å². The Hall–Kier alpha value is -2.03. The lowest BCUT2D eigenvalue weighted by atomic mass is 10.1. The summed E-state index contributed by atoms with van der Waals surface area (Å²) in [5.74, 6) is -4.49. The Bertz CT molecular complexity index is 780. The molecule has 1 heterocycles. The summed E-state index contributed by atoms with van der Waals surface area (Å²) in [6.45, 7) is 0. The van der Waals surface area contributed by atoms with Crippen LogP contribution in [0.5, 0.6) is 0 Å². The second-order valence-corrected chi connectivity index (χ2v) is 6.17. The van der Waals surface area contributed by atoms with E-state index in [2.05, 4.69) is 5.10 Å². The van der Waals surface area contributed by atoms with Crippen LogP contribution in [-0.2, 0) is 16.9 Å². The van der Waals surface area contributed by atoms with Crippen molar-refractivity contribution in [3.63, 3.8) is 0 Å². The SMILES string of the molecule is Cn1nc(-c2cc(F)c(S(C)(=O)=O)c(F)c2F)cc1N. The largest absolute Gasteiger partial charge is 0.384 e. The summed E-state index contributed by atoms with van der Waals surface area (Å²) in [5, 5.41) is 3.78. The van der Waals surface area contributed by atoms with E-state index in [1.165, 1.54) is 17.8 Å². The van der Waals surface area contributed by atoms with Gasteiger partial charge in [-0.25, -0.2) is 21.6 Å². The van der Waals surface area contributed by atoms with E-state index in [1.807, 2.05) is 0 Å². The first-order chi connectivity index (χ1) is 9.12. The molecule has 2 N–H and O–H groups in total. The van der Waals surface area contributed by atoms with Crippen LogP contribution in [0.3, 0.4) is 0 Å². The zero-order valence-corrected chi connectivity index (χ0v) is 11.3. The van der Waals surface area contributed by atoms with Crippen LogP contribution in [0.25, 0.3) is 11.3 Å². The molecule has 0 aliphatic rings. The van der Waals surface area contributed by atoms with Crippen molar-refractivity contribution in [1.29, 1.82) is 0 Å². The van der Waals surface area contributed by atoms with Gasteiger partial charge in [-0.3, -0.25) is 4.68 Å². The summed E-state index contributed by atoms with van der Waals surface area (Å²) in [5.41, 5.74) is 4.90. The van der Waals surface area contributed by atoms with Gasteiger partial charge >= 0.3 is 0 Å². The number of aryl methyl sites for hydroxylation is 1. The lowest BCUT2D eigenvalue weighted by Gasteiger charge is -2.07. The fourth-order valence-corrected chi connectivity index (χ4v) is 2.55. The van der Waals surface area contributed by atoms with Crippen LogP contribution in [0.4, 0.5) is 19.0 Å². The number of sulfone groups is 1. The smallest absolute Gasteiger partial charge is 0.181 e. The number of rotatable bonds is 2. The van der Waals surface area contributed by atoms with Crippen molar-refractivity contribution in [3.05, 3.63) is 29.6 Å². The summed E-state index contributed by atoms with van der Waals surface area (Å²) in [4.78, 5) is -1.30. The molecule has 2 aromatic rings. The molecular weight excluding hydrogens is 295 g/mol. The average Bonchev–Trinajstić information content (AvgIpc) is 2.62. The molecule has 0 saturated carbocycles. The number of halogens is 3. The predicted octanol–water partition coefficient (Wildman–Crippen LogP) is 1.49. The minimum atomic E-state index is -4.23. The maximum absolute atomic E-state index is 13.9. The number of hydrogen-bond donors (Lipinski definition) is 1.